The summed E-state index contributed by atoms with van der Waals surface area (Å²) in [6.07, 6.45) is 3.51. The molecule has 7 heteroatoms. The summed E-state index contributed by atoms with van der Waals surface area (Å²) in [5, 5.41) is 3.51. The number of carbonyl (C=O) groups is 1. The van der Waals surface area contributed by atoms with E-state index in [0.29, 0.717) is 22.9 Å². The maximum atomic E-state index is 12.3. The van der Waals surface area contributed by atoms with Crippen molar-refractivity contribution in [3.8, 4) is 0 Å². The van der Waals surface area contributed by atoms with Gasteiger partial charge in [-0.05, 0) is 31.4 Å². The van der Waals surface area contributed by atoms with Crippen molar-refractivity contribution in [2.45, 2.75) is 44.4 Å². The van der Waals surface area contributed by atoms with Gasteiger partial charge in [-0.15, -0.1) is 0 Å². The number of para-hydroxylation sites is 1. The van der Waals surface area contributed by atoms with Crippen LogP contribution < -0.4 is 16.6 Å². The number of ether oxygens (including phenoxy) is 1. The van der Waals surface area contributed by atoms with Crippen LogP contribution in [0.1, 0.15) is 25.7 Å². The Morgan fingerprint density at radius 1 is 1.32 bits per heavy atom. The van der Waals surface area contributed by atoms with Gasteiger partial charge in [0.25, 0.3) is 5.56 Å². The average molecular weight is 343 g/mol. The minimum atomic E-state index is -0.485. The Morgan fingerprint density at radius 3 is 3.00 bits per heavy atom. The number of carbonyl (C=O) groups excluding carboxylic acids is 1. The highest BCUT2D eigenvalue weighted by Gasteiger charge is 2.43. The molecule has 4 rings (SSSR count). The first-order valence-corrected chi connectivity index (χ1v) is 8.76. The second kappa shape index (κ2) is 6.48. The van der Waals surface area contributed by atoms with Crippen molar-refractivity contribution in [2.75, 3.05) is 6.61 Å². The molecule has 3 unspecified atom stereocenters. The molecule has 7 nitrogen and oxygen atoms in total. The zero-order chi connectivity index (χ0) is 17.4. The molecule has 1 saturated heterocycles. The lowest BCUT2D eigenvalue weighted by Gasteiger charge is -2.47. The monoisotopic (exact) mass is 343 g/mol. The van der Waals surface area contributed by atoms with Gasteiger partial charge >= 0.3 is 5.69 Å². The Morgan fingerprint density at radius 2 is 2.16 bits per heavy atom. The zero-order valence-electron chi connectivity index (χ0n) is 13.9. The number of aromatic amines is 1. The lowest BCUT2D eigenvalue weighted by Crippen LogP contribution is -2.57. The summed E-state index contributed by atoms with van der Waals surface area (Å²) in [6, 6.07) is 7.09. The minimum absolute atomic E-state index is 0.0730. The molecule has 2 N–H and O–H groups in total. The standard InChI is InChI=1S/C18H21N3O4/c22-16(19-13-10-15-11(13)5-3-9-25-15)7-8-21-14-6-2-1-4-12(14)17(23)20-18(21)24/h1-2,4,6,11,13,15H,3,5,7-10H2,(H,19,22)(H,20,23,24). The van der Waals surface area contributed by atoms with Crippen LogP contribution in [0.25, 0.3) is 10.9 Å². The topological polar surface area (TPSA) is 93.2 Å². The highest BCUT2D eigenvalue weighted by Crippen LogP contribution is 2.37. The molecule has 25 heavy (non-hydrogen) atoms. The van der Waals surface area contributed by atoms with Crippen molar-refractivity contribution >= 4 is 16.8 Å². The van der Waals surface area contributed by atoms with Crippen molar-refractivity contribution in [1.29, 1.82) is 0 Å². The second-order valence-corrected chi connectivity index (χ2v) is 6.80. The number of nitrogens with one attached hydrogen (secondary N) is 2. The molecule has 1 saturated carbocycles. The lowest BCUT2D eigenvalue weighted by atomic mass is 9.72. The smallest absolute Gasteiger partial charge is 0.328 e. The van der Waals surface area contributed by atoms with Gasteiger partial charge in [0.1, 0.15) is 0 Å². The fourth-order valence-electron chi connectivity index (χ4n) is 3.92. The number of nitrogens with zero attached hydrogens (tertiary/aromatic N) is 1. The molecule has 132 valence electrons. The van der Waals surface area contributed by atoms with Crippen molar-refractivity contribution in [1.82, 2.24) is 14.9 Å². The SMILES string of the molecule is O=C(CCn1c(=O)[nH]c(=O)c2ccccc21)NC1CC2OCCCC12. The van der Waals surface area contributed by atoms with Crippen LogP contribution in [0.2, 0.25) is 0 Å². The van der Waals surface area contributed by atoms with Gasteiger partial charge in [0.15, 0.2) is 0 Å². The van der Waals surface area contributed by atoms with Crippen LogP contribution in [-0.2, 0) is 16.1 Å². The van der Waals surface area contributed by atoms with Gasteiger partial charge in [0.05, 0.1) is 17.0 Å². The number of H-pyrrole nitrogens is 1. The molecule has 1 aromatic heterocycles. The summed E-state index contributed by atoms with van der Waals surface area (Å²) < 4.78 is 7.11. The van der Waals surface area contributed by atoms with Crippen molar-refractivity contribution in [2.24, 2.45) is 5.92 Å². The van der Waals surface area contributed by atoms with E-state index in [1.54, 1.807) is 24.3 Å². The van der Waals surface area contributed by atoms with Crippen LogP contribution in [0.5, 0.6) is 0 Å². The van der Waals surface area contributed by atoms with Gasteiger partial charge in [-0.2, -0.15) is 0 Å². The van der Waals surface area contributed by atoms with Crippen LogP contribution in [-0.4, -0.2) is 34.2 Å². The number of benzene rings is 1. The van der Waals surface area contributed by atoms with Crippen LogP contribution in [0.15, 0.2) is 33.9 Å². The first-order chi connectivity index (χ1) is 12.1. The van der Waals surface area contributed by atoms with Crippen molar-refractivity contribution < 1.29 is 9.53 Å². The molecule has 2 aromatic rings. The van der Waals surface area contributed by atoms with Crippen molar-refractivity contribution in [3.05, 3.63) is 45.1 Å². The molecular formula is C18H21N3O4. The number of fused-ring (bicyclic) bond motifs is 2. The number of aromatic nitrogens is 2. The van der Waals surface area contributed by atoms with Gasteiger partial charge in [0.2, 0.25) is 5.91 Å². The number of hydrogen-bond acceptors (Lipinski definition) is 4. The molecule has 1 amide bonds. The summed E-state index contributed by atoms with van der Waals surface area (Å²) in [6.45, 7) is 1.06. The Balaban J connectivity index is 1.43. The van der Waals surface area contributed by atoms with E-state index >= 15 is 0 Å². The summed E-state index contributed by atoms with van der Waals surface area (Å²) in [5.41, 5.74) is -0.339. The predicted octanol–water partition coefficient (Wildman–Crippen LogP) is 0.764. The molecule has 3 atom stereocenters. The van der Waals surface area contributed by atoms with Crippen LogP contribution >= 0.6 is 0 Å². The highest BCUT2D eigenvalue weighted by molar-refractivity contribution is 5.79. The molecule has 1 aliphatic heterocycles. The largest absolute Gasteiger partial charge is 0.378 e. The first kappa shape index (κ1) is 16.1. The summed E-state index contributed by atoms with van der Waals surface area (Å²) in [4.78, 5) is 38.5. The Bertz CT molecular complexity index is 916. The average Bonchev–Trinajstić information content (AvgIpc) is 2.59. The van der Waals surface area contributed by atoms with Gasteiger partial charge in [-0.25, -0.2) is 4.79 Å². The van der Waals surface area contributed by atoms with E-state index in [2.05, 4.69) is 10.3 Å². The molecule has 2 aliphatic rings. The molecule has 0 bridgehead atoms. The fraction of sp³-hybridized carbons (Fsp3) is 0.500. The molecule has 2 fully saturated rings. The molecule has 0 radical (unpaired) electrons. The maximum Gasteiger partial charge on any atom is 0.328 e. The number of amides is 1. The zero-order valence-corrected chi connectivity index (χ0v) is 13.9. The summed E-state index contributed by atoms with van der Waals surface area (Å²) >= 11 is 0. The minimum Gasteiger partial charge on any atom is -0.378 e. The number of hydrogen-bond donors (Lipinski definition) is 2. The Labute approximate surface area is 144 Å². The summed E-state index contributed by atoms with van der Waals surface area (Å²) in [5.74, 6) is 0.352. The van der Waals surface area contributed by atoms with E-state index in [1.165, 1.54) is 4.57 Å². The van der Waals surface area contributed by atoms with Crippen LogP contribution in [0.3, 0.4) is 0 Å². The van der Waals surface area contributed by atoms with Gasteiger partial charge in [-0.1, -0.05) is 12.1 Å². The highest BCUT2D eigenvalue weighted by atomic mass is 16.5. The first-order valence-electron chi connectivity index (χ1n) is 8.76. The fourth-order valence-corrected chi connectivity index (χ4v) is 3.92. The number of rotatable bonds is 4. The van der Waals surface area contributed by atoms with E-state index < -0.39 is 11.2 Å². The van der Waals surface area contributed by atoms with E-state index in [1.807, 2.05) is 0 Å². The lowest BCUT2D eigenvalue weighted by molar-refractivity contribution is -0.131. The second-order valence-electron chi connectivity index (χ2n) is 6.80. The van der Waals surface area contributed by atoms with Crippen LogP contribution in [0.4, 0.5) is 0 Å². The van der Waals surface area contributed by atoms with Gasteiger partial charge < -0.3 is 10.1 Å². The quantitative estimate of drug-likeness (QED) is 0.857. The third-order valence-electron chi connectivity index (χ3n) is 5.31. The van der Waals surface area contributed by atoms with Crippen LogP contribution in [0, 0.1) is 5.92 Å². The van der Waals surface area contributed by atoms with Gasteiger partial charge in [0, 0.05) is 31.5 Å². The van der Waals surface area contributed by atoms with Crippen molar-refractivity contribution in [3.63, 3.8) is 0 Å². The molecule has 2 heterocycles. The van der Waals surface area contributed by atoms with Gasteiger partial charge in [-0.3, -0.25) is 19.1 Å². The molecular weight excluding hydrogens is 322 g/mol. The van der Waals surface area contributed by atoms with E-state index in [9.17, 15) is 14.4 Å². The third kappa shape index (κ3) is 3.00. The predicted molar refractivity (Wildman–Crippen MR) is 92.5 cm³/mol. The normalized spacial score (nSPS) is 25.2. The van der Waals surface area contributed by atoms with E-state index in [0.717, 1.165) is 25.9 Å². The summed E-state index contributed by atoms with van der Waals surface area (Å²) in [7, 11) is 0. The Kier molecular flexibility index (Phi) is 4.17. The van der Waals surface area contributed by atoms with E-state index in [4.69, 9.17) is 4.74 Å². The number of aryl methyl sites for hydroxylation is 1. The molecule has 1 aromatic carbocycles. The third-order valence-corrected chi connectivity index (χ3v) is 5.31. The Hall–Kier alpha value is -2.41. The molecule has 1 aliphatic carbocycles. The maximum absolute atomic E-state index is 12.3. The molecule has 0 spiro atoms. The van der Waals surface area contributed by atoms with E-state index in [-0.39, 0.29) is 24.9 Å².